The smallest absolute Gasteiger partial charge is 0.226 e. The van der Waals surface area contributed by atoms with Gasteiger partial charge in [-0.25, -0.2) is 0 Å². The Morgan fingerprint density at radius 2 is 1.72 bits per heavy atom. The van der Waals surface area contributed by atoms with Gasteiger partial charge in [0.2, 0.25) is 5.91 Å². The van der Waals surface area contributed by atoms with Crippen molar-refractivity contribution in [2.45, 2.75) is 38.6 Å². The van der Waals surface area contributed by atoms with Crippen molar-refractivity contribution in [3.8, 4) is 11.5 Å². The highest BCUT2D eigenvalue weighted by Crippen LogP contribution is 2.33. The summed E-state index contributed by atoms with van der Waals surface area (Å²) < 4.78 is 11.1. The number of hydrogen-bond acceptors (Lipinski definition) is 4. The van der Waals surface area contributed by atoms with E-state index in [9.17, 15) is 4.79 Å². The van der Waals surface area contributed by atoms with Gasteiger partial charge in [0.05, 0.1) is 20.1 Å². The predicted molar refractivity (Wildman–Crippen MR) is 127 cm³/mol. The number of benzene rings is 2. The van der Waals surface area contributed by atoms with E-state index < -0.39 is 0 Å². The molecular formula is C27H36N2O3. The lowest BCUT2D eigenvalue weighted by atomic mass is 9.89. The first-order valence-corrected chi connectivity index (χ1v) is 11.9. The fourth-order valence-corrected chi connectivity index (χ4v) is 5.28. The first kappa shape index (κ1) is 22.7. The van der Waals surface area contributed by atoms with Crippen molar-refractivity contribution in [3.63, 3.8) is 0 Å². The molecule has 2 aliphatic rings. The maximum absolute atomic E-state index is 13.3. The normalized spacial score (nSPS) is 20.2. The number of likely N-dealkylation sites (tertiary alicyclic amines) is 2. The average Bonchev–Trinajstić information content (AvgIpc) is 2.84. The third kappa shape index (κ3) is 5.44. The average molecular weight is 437 g/mol. The largest absolute Gasteiger partial charge is 0.493 e. The molecule has 1 atom stereocenters. The fourth-order valence-electron chi connectivity index (χ4n) is 5.28. The van der Waals surface area contributed by atoms with Gasteiger partial charge in [0.1, 0.15) is 0 Å². The highest BCUT2D eigenvalue weighted by Gasteiger charge is 2.31. The number of nitrogens with zero attached hydrogens (tertiary/aromatic N) is 2. The fraction of sp³-hybridized carbons (Fsp3) is 0.519. The Kier molecular flexibility index (Phi) is 7.69. The maximum Gasteiger partial charge on any atom is 0.226 e. The van der Waals surface area contributed by atoms with Gasteiger partial charge < -0.3 is 14.4 Å². The molecule has 2 aromatic carbocycles. The van der Waals surface area contributed by atoms with E-state index in [1.165, 1.54) is 5.56 Å². The molecule has 0 aromatic heterocycles. The Labute approximate surface area is 192 Å². The van der Waals surface area contributed by atoms with Crippen LogP contribution in [0.3, 0.4) is 0 Å². The summed E-state index contributed by atoms with van der Waals surface area (Å²) in [5.41, 5.74) is 2.52. The molecule has 2 fully saturated rings. The number of para-hydroxylation sites is 1. The Morgan fingerprint density at radius 3 is 2.44 bits per heavy atom. The van der Waals surface area contributed by atoms with Crippen molar-refractivity contribution < 1.29 is 14.3 Å². The summed E-state index contributed by atoms with van der Waals surface area (Å²) in [6.07, 6.45) is 5.40. The van der Waals surface area contributed by atoms with E-state index in [0.29, 0.717) is 11.8 Å². The van der Waals surface area contributed by atoms with E-state index in [0.717, 1.165) is 81.9 Å². The highest BCUT2D eigenvalue weighted by molar-refractivity contribution is 5.79. The molecule has 4 rings (SSSR count). The molecule has 2 saturated heterocycles. The number of ether oxygens (including phenoxy) is 2. The second-order valence-electron chi connectivity index (χ2n) is 9.19. The molecule has 5 heteroatoms. The molecule has 1 amide bonds. The van der Waals surface area contributed by atoms with E-state index in [1.54, 1.807) is 14.2 Å². The van der Waals surface area contributed by atoms with Gasteiger partial charge in [-0.1, -0.05) is 42.5 Å². The zero-order chi connectivity index (χ0) is 22.3. The highest BCUT2D eigenvalue weighted by atomic mass is 16.5. The maximum atomic E-state index is 13.3. The van der Waals surface area contributed by atoms with Gasteiger partial charge in [-0.05, 0) is 56.2 Å². The van der Waals surface area contributed by atoms with Gasteiger partial charge in [-0.15, -0.1) is 0 Å². The van der Waals surface area contributed by atoms with Crippen molar-refractivity contribution in [3.05, 3.63) is 59.7 Å². The number of piperidine rings is 2. The van der Waals surface area contributed by atoms with Crippen molar-refractivity contribution >= 4 is 5.91 Å². The molecule has 0 spiro atoms. The van der Waals surface area contributed by atoms with Crippen molar-refractivity contribution in [2.75, 3.05) is 40.4 Å². The second-order valence-corrected chi connectivity index (χ2v) is 9.19. The number of rotatable bonds is 7. The molecule has 0 aliphatic carbocycles. The summed E-state index contributed by atoms with van der Waals surface area (Å²) >= 11 is 0. The van der Waals surface area contributed by atoms with Gasteiger partial charge in [-0.3, -0.25) is 9.69 Å². The number of methoxy groups -OCH3 is 2. The van der Waals surface area contributed by atoms with Crippen LogP contribution >= 0.6 is 0 Å². The number of carbonyl (C=O) groups excluding carboxylic acids is 1. The Morgan fingerprint density at radius 1 is 0.938 bits per heavy atom. The molecular weight excluding hydrogens is 400 g/mol. The van der Waals surface area contributed by atoms with Gasteiger partial charge >= 0.3 is 0 Å². The molecule has 0 saturated carbocycles. The quantitative estimate of drug-likeness (QED) is 0.645. The molecule has 0 radical (unpaired) electrons. The number of carbonyl (C=O) groups is 1. The van der Waals surface area contributed by atoms with Crippen LogP contribution in [0.25, 0.3) is 0 Å². The van der Waals surface area contributed by atoms with E-state index in [-0.39, 0.29) is 5.92 Å². The number of hydrogen-bond donors (Lipinski definition) is 0. The summed E-state index contributed by atoms with van der Waals surface area (Å²) in [6.45, 7) is 4.42. The molecule has 172 valence electrons. The zero-order valence-electron chi connectivity index (χ0n) is 19.5. The second kappa shape index (κ2) is 10.9. The SMILES string of the molecule is COc1cccc(CN2CCC[C@@H](C(=O)N3CCC(Cc4ccccc4)CC3)C2)c1OC. The van der Waals surface area contributed by atoms with Crippen LogP contribution < -0.4 is 9.47 Å². The summed E-state index contributed by atoms with van der Waals surface area (Å²) in [6, 6.07) is 16.7. The number of amides is 1. The molecule has 0 N–H and O–H groups in total. The molecule has 0 bridgehead atoms. The predicted octanol–water partition coefficient (Wildman–Crippen LogP) is 4.40. The topological polar surface area (TPSA) is 42.0 Å². The van der Waals surface area contributed by atoms with Crippen LogP contribution in [-0.2, 0) is 17.8 Å². The first-order chi connectivity index (χ1) is 15.7. The summed E-state index contributed by atoms with van der Waals surface area (Å²) in [7, 11) is 3.35. The minimum atomic E-state index is 0.103. The summed E-state index contributed by atoms with van der Waals surface area (Å²) in [5.74, 6) is 2.69. The first-order valence-electron chi connectivity index (χ1n) is 11.9. The van der Waals surface area contributed by atoms with Crippen LogP contribution in [0, 0.1) is 11.8 Å². The van der Waals surface area contributed by atoms with Gasteiger partial charge in [0, 0.05) is 31.7 Å². The van der Waals surface area contributed by atoms with Crippen LogP contribution in [0.1, 0.15) is 36.8 Å². The van der Waals surface area contributed by atoms with Crippen LogP contribution in [0.4, 0.5) is 0 Å². The van der Waals surface area contributed by atoms with E-state index in [4.69, 9.17) is 9.47 Å². The van der Waals surface area contributed by atoms with Crippen LogP contribution in [0.5, 0.6) is 11.5 Å². The van der Waals surface area contributed by atoms with E-state index >= 15 is 0 Å². The van der Waals surface area contributed by atoms with Crippen LogP contribution in [0.15, 0.2) is 48.5 Å². The monoisotopic (exact) mass is 436 g/mol. The van der Waals surface area contributed by atoms with Gasteiger partial charge in [-0.2, -0.15) is 0 Å². The lowest BCUT2D eigenvalue weighted by molar-refractivity contribution is -0.138. The van der Waals surface area contributed by atoms with Crippen LogP contribution in [-0.4, -0.2) is 56.1 Å². The molecule has 2 heterocycles. The molecule has 0 unspecified atom stereocenters. The van der Waals surface area contributed by atoms with Crippen molar-refractivity contribution in [1.82, 2.24) is 9.80 Å². The van der Waals surface area contributed by atoms with Gasteiger partial charge in [0.25, 0.3) is 0 Å². The van der Waals surface area contributed by atoms with E-state index in [2.05, 4.69) is 46.2 Å². The molecule has 32 heavy (non-hydrogen) atoms. The Bertz CT molecular complexity index is 878. The summed E-state index contributed by atoms with van der Waals surface area (Å²) in [5, 5.41) is 0. The Hall–Kier alpha value is -2.53. The van der Waals surface area contributed by atoms with Gasteiger partial charge in [0.15, 0.2) is 11.5 Å². The molecule has 5 nitrogen and oxygen atoms in total. The third-order valence-electron chi connectivity index (χ3n) is 7.03. The minimum Gasteiger partial charge on any atom is -0.493 e. The zero-order valence-corrected chi connectivity index (χ0v) is 19.5. The standard InChI is InChI=1S/C27H36N2O3/c1-31-25-12-6-10-23(26(25)32-2)19-28-15-7-11-24(20-28)27(30)29-16-13-22(14-17-29)18-21-8-4-3-5-9-21/h3-6,8-10,12,22,24H,7,11,13-20H2,1-2H3/t24-/m1/s1. The van der Waals surface area contributed by atoms with Crippen molar-refractivity contribution in [2.24, 2.45) is 11.8 Å². The molecule has 2 aliphatic heterocycles. The lowest BCUT2D eigenvalue weighted by Crippen LogP contribution is -2.47. The summed E-state index contributed by atoms with van der Waals surface area (Å²) in [4.78, 5) is 17.8. The van der Waals surface area contributed by atoms with E-state index in [1.807, 2.05) is 12.1 Å². The third-order valence-corrected chi connectivity index (χ3v) is 7.03. The van der Waals surface area contributed by atoms with Crippen LogP contribution in [0.2, 0.25) is 0 Å². The Balaban J connectivity index is 1.30. The molecule has 2 aromatic rings. The van der Waals surface area contributed by atoms with Crippen molar-refractivity contribution in [1.29, 1.82) is 0 Å². The minimum absolute atomic E-state index is 0.103. The lowest BCUT2D eigenvalue weighted by Gasteiger charge is -2.38.